The van der Waals surface area contributed by atoms with E-state index in [1.807, 2.05) is 0 Å². The quantitative estimate of drug-likeness (QED) is 0.704. The lowest BCUT2D eigenvalue weighted by molar-refractivity contribution is -0.137. The lowest BCUT2D eigenvalue weighted by atomic mass is 9.93. The summed E-state index contributed by atoms with van der Waals surface area (Å²) in [5, 5.41) is 16.1. The van der Waals surface area contributed by atoms with E-state index in [0.717, 1.165) is 51.2 Å². The average Bonchev–Trinajstić information content (AvgIpc) is 3.14. The van der Waals surface area contributed by atoms with Gasteiger partial charge in [-0.1, -0.05) is 18.2 Å². The summed E-state index contributed by atoms with van der Waals surface area (Å²) < 4.78 is 38.8. The molecule has 2 unspecified atom stereocenters. The van der Waals surface area contributed by atoms with Crippen molar-refractivity contribution in [1.29, 1.82) is 0 Å². The topological polar surface area (TPSA) is 35.5 Å². The number of hydrogen-bond donors (Lipinski definition) is 2. The highest BCUT2D eigenvalue weighted by Crippen LogP contribution is 2.32. The first-order valence-corrected chi connectivity index (χ1v) is 10.5. The molecule has 2 aromatic rings. The molecular weight excluding hydrogens is 385 g/mol. The summed E-state index contributed by atoms with van der Waals surface area (Å²) in [5.41, 5.74) is -1.81. The number of piperidine rings is 1. The van der Waals surface area contributed by atoms with Gasteiger partial charge in [-0.25, -0.2) is 0 Å². The van der Waals surface area contributed by atoms with Crippen molar-refractivity contribution in [3.63, 3.8) is 0 Å². The van der Waals surface area contributed by atoms with Crippen molar-refractivity contribution in [2.24, 2.45) is 5.92 Å². The van der Waals surface area contributed by atoms with E-state index >= 15 is 0 Å². The highest BCUT2D eigenvalue weighted by atomic mass is 32.1. The Morgan fingerprint density at radius 3 is 2.71 bits per heavy atom. The van der Waals surface area contributed by atoms with E-state index in [0.29, 0.717) is 5.92 Å². The van der Waals surface area contributed by atoms with Crippen LogP contribution in [0, 0.1) is 5.92 Å². The third-order valence-electron chi connectivity index (χ3n) is 5.28. The van der Waals surface area contributed by atoms with Crippen molar-refractivity contribution >= 4 is 11.3 Å². The zero-order valence-corrected chi connectivity index (χ0v) is 16.8. The summed E-state index contributed by atoms with van der Waals surface area (Å²) >= 11 is 1.77. The molecule has 1 aliphatic heterocycles. The maximum absolute atomic E-state index is 12.9. The molecule has 2 heterocycles. The van der Waals surface area contributed by atoms with Gasteiger partial charge in [0.05, 0.1) is 11.2 Å². The molecule has 0 spiro atoms. The van der Waals surface area contributed by atoms with Crippen LogP contribution in [0.4, 0.5) is 13.2 Å². The second-order valence-corrected chi connectivity index (χ2v) is 8.84. The molecule has 0 radical (unpaired) electrons. The third-order valence-corrected chi connectivity index (χ3v) is 6.14. The van der Waals surface area contributed by atoms with E-state index < -0.39 is 17.3 Å². The minimum absolute atomic E-state index is 0.218. The molecule has 3 nitrogen and oxygen atoms in total. The monoisotopic (exact) mass is 412 g/mol. The molecule has 1 fully saturated rings. The number of alkyl halides is 3. The van der Waals surface area contributed by atoms with Gasteiger partial charge in [0.2, 0.25) is 0 Å². The Morgan fingerprint density at radius 1 is 1.21 bits per heavy atom. The first-order chi connectivity index (χ1) is 13.2. The lowest BCUT2D eigenvalue weighted by Gasteiger charge is -2.33. The largest absolute Gasteiger partial charge is 0.416 e. The zero-order valence-electron chi connectivity index (χ0n) is 16.0. The normalized spacial score (nSPS) is 20.8. The zero-order chi connectivity index (χ0) is 20.2. The smallest absolute Gasteiger partial charge is 0.384 e. The van der Waals surface area contributed by atoms with Gasteiger partial charge in [0, 0.05) is 24.5 Å². The highest BCUT2D eigenvalue weighted by Gasteiger charge is 2.33. The number of thiophene rings is 1. The predicted molar refractivity (Wildman–Crippen MR) is 106 cm³/mol. The Hall–Kier alpha value is -1.41. The van der Waals surface area contributed by atoms with E-state index in [1.54, 1.807) is 24.3 Å². The Morgan fingerprint density at radius 2 is 2.00 bits per heavy atom. The minimum atomic E-state index is -4.41. The number of nitrogens with zero attached hydrogens (tertiary/aromatic N) is 1. The first kappa shape index (κ1) is 21.3. The van der Waals surface area contributed by atoms with E-state index in [9.17, 15) is 18.3 Å². The number of nitrogens with one attached hydrogen (secondary N) is 1. The Labute approximate surface area is 168 Å². The van der Waals surface area contributed by atoms with Crippen molar-refractivity contribution in [3.05, 3.63) is 57.8 Å². The molecular formula is C21H27F3N2OS. The van der Waals surface area contributed by atoms with E-state index in [4.69, 9.17) is 0 Å². The van der Waals surface area contributed by atoms with Gasteiger partial charge in [-0.3, -0.25) is 4.90 Å². The predicted octanol–water partition coefficient (Wildman–Crippen LogP) is 4.48. The van der Waals surface area contributed by atoms with Crippen LogP contribution in [0.15, 0.2) is 41.8 Å². The van der Waals surface area contributed by atoms with E-state index in [-0.39, 0.29) is 12.1 Å². The van der Waals surface area contributed by atoms with Gasteiger partial charge in [-0.15, -0.1) is 11.3 Å². The van der Waals surface area contributed by atoms with Crippen LogP contribution in [0.5, 0.6) is 0 Å². The van der Waals surface area contributed by atoms with Gasteiger partial charge in [-0.2, -0.15) is 13.2 Å². The van der Waals surface area contributed by atoms with Crippen molar-refractivity contribution < 1.29 is 18.3 Å². The van der Waals surface area contributed by atoms with Crippen LogP contribution >= 0.6 is 11.3 Å². The van der Waals surface area contributed by atoms with Crippen molar-refractivity contribution in [3.8, 4) is 0 Å². The summed E-state index contributed by atoms with van der Waals surface area (Å²) in [6, 6.07) is 9.16. The van der Waals surface area contributed by atoms with Gasteiger partial charge in [-0.05, 0) is 67.9 Å². The molecule has 0 saturated carbocycles. The van der Waals surface area contributed by atoms with Crippen molar-refractivity contribution in [1.82, 2.24) is 10.2 Å². The highest BCUT2D eigenvalue weighted by molar-refractivity contribution is 7.09. The fourth-order valence-electron chi connectivity index (χ4n) is 3.74. The van der Waals surface area contributed by atoms with Gasteiger partial charge < -0.3 is 10.4 Å². The molecule has 0 aliphatic carbocycles. The molecule has 28 heavy (non-hydrogen) atoms. The van der Waals surface area contributed by atoms with Crippen LogP contribution in [0.1, 0.15) is 35.8 Å². The summed E-state index contributed by atoms with van der Waals surface area (Å²) in [6.07, 6.45) is -2.14. The molecule has 3 rings (SSSR count). The maximum Gasteiger partial charge on any atom is 0.416 e. The van der Waals surface area contributed by atoms with E-state index in [2.05, 4.69) is 27.7 Å². The van der Waals surface area contributed by atoms with Crippen LogP contribution in [-0.4, -0.2) is 36.2 Å². The molecule has 7 heteroatoms. The number of hydrogen-bond acceptors (Lipinski definition) is 4. The standard InChI is InChI=1S/C21H27F3N2OS/c1-20(27,17-6-2-7-18(11-17)21(22,23)24)15-25-12-16-5-3-9-26(13-16)14-19-8-4-10-28-19/h2,4,6-8,10-11,16,25,27H,3,5,9,12-15H2,1H3. The Balaban J connectivity index is 1.51. The van der Waals surface area contributed by atoms with Crippen LogP contribution in [0.2, 0.25) is 0 Å². The fourth-order valence-corrected chi connectivity index (χ4v) is 4.48. The lowest BCUT2D eigenvalue weighted by Crippen LogP contribution is -2.42. The molecule has 1 aliphatic rings. The average molecular weight is 413 g/mol. The number of rotatable bonds is 7. The molecule has 154 valence electrons. The Kier molecular flexibility index (Phi) is 6.81. The molecule has 2 atom stereocenters. The van der Waals surface area contributed by atoms with Gasteiger partial charge in [0.25, 0.3) is 0 Å². The summed E-state index contributed by atoms with van der Waals surface area (Å²) in [4.78, 5) is 3.81. The van der Waals surface area contributed by atoms with Gasteiger partial charge in [0.15, 0.2) is 0 Å². The number of likely N-dealkylation sites (tertiary alicyclic amines) is 1. The van der Waals surface area contributed by atoms with Gasteiger partial charge >= 0.3 is 6.18 Å². The third kappa shape index (κ3) is 5.80. The molecule has 0 amide bonds. The van der Waals surface area contributed by atoms with Crippen LogP contribution < -0.4 is 5.32 Å². The number of benzene rings is 1. The number of halogens is 3. The molecule has 1 aromatic heterocycles. The van der Waals surface area contributed by atoms with Crippen LogP contribution in [0.3, 0.4) is 0 Å². The van der Waals surface area contributed by atoms with Crippen molar-refractivity contribution in [2.45, 2.75) is 38.1 Å². The van der Waals surface area contributed by atoms with Crippen LogP contribution in [0.25, 0.3) is 0 Å². The van der Waals surface area contributed by atoms with Crippen LogP contribution in [-0.2, 0) is 18.3 Å². The molecule has 1 saturated heterocycles. The first-order valence-electron chi connectivity index (χ1n) is 9.59. The summed E-state index contributed by atoms with van der Waals surface area (Å²) in [5.74, 6) is 0.478. The van der Waals surface area contributed by atoms with Crippen molar-refractivity contribution in [2.75, 3.05) is 26.2 Å². The van der Waals surface area contributed by atoms with Gasteiger partial charge in [0.1, 0.15) is 0 Å². The number of aliphatic hydroxyl groups is 1. The maximum atomic E-state index is 12.9. The second kappa shape index (κ2) is 8.95. The second-order valence-electron chi connectivity index (χ2n) is 7.81. The minimum Gasteiger partial charge on any atom is -0.384 e. The SMILES string of the molecule is CC(O)(CNCC1CCCN(Cc2cccs2)C1)c1cccc(C(F)(F)F)c1. The molecule has 0 bridgehead atoms. The summed E-state index contributed by atoms with van der Waals surface area (Å²) in [7, 11) is 0. The summed E-state index contributed by atoms with van der Waals surface area (Å²) in [6.45, 7) is 5.58. The molecule has 2 N–H and O–H groups in total. The fraction of sp³-hybridized carbons (Fsp3) is 0.524. The van der Waals surface area contributed by atoms with E-state index in [1.165, 1.54) is 10.9 Å². The Bertz CT molecular complexity index is 746. The molecule has 1 aromatic carbocycles.